The first-order valence-corrected chi connectivity index (χ1v) is 6.34. The summed E-state index contributed by atoms with van der Waals surface area (Å²) >= 11 is 0. The van der Waals surface area contributed by atoms with Crippen molar-refractivity contribution in [3.63, 3.8) is 0 Å². The van der Waals surface area contributed by atoms with E-state index in [0.717, 1.165) is 38.2 Å². The molecule has 0 unspecified atom stereocenters. The minimum absolute atomic E-state index is 0.129. The zero-order valence-electron chi connectivity index (χ0n) is 10.8. The lowest BCUT2D eigenvalue weighted by molar-refractivity contribution is 0.0762. The average molecular weight is 234 g/mol. The van der Waals surface area contributed by atoms with Crippen LogP contribution >= 0.6 is 0 Å². The van der Waals surface area contributed by atoms with E-state index in [9.17, 15) is 4.79 Å². The number of nitrogens with one attached hydrogen (secondary N) is 1. The number of hydrogen-bond acceptors (Lipinski definition) is 2. The van der Waals surface area contributed by atoms with E-state index in [4.69, 9.17) is 0 Å². The maximum Gasteiger partial charge on any atom is 0.253 e. The lowest BCUT2D eigenvalue weighted by atomic mass is 10.2. The van der Waals surface area contributed by atoms with Gasteiger partial charge in [-0.05, 0) is 38.6 Å². The fourth-order valence-corrected chi connectivity index (χ4v) is 1.74. The molecule has 3 heteroatoms. The molecule has 0 spiro atoms. The van der Waals surface area contributed by atoms with Crippen LogP contribution in [0.15, 0.2) is 30.3 Å². The van der Waals surface area contributed by atoms with E-state index < -0.39 is 0 Å². The smallest absolute Gasteiger partial charge is 0.253 e. The molecule has 0 saturated heterocycles. The van der Waals surface area contributed by atoms with E-state index in [2.05, 4.69) is 12.2 Å². The highest BCUT2D eigenvalue weighted by Crippen LogP contribution is 2.04. The molecule has 0 bridgehead atoms. The Morgan fingerprint density at radius 1 is 1.24 bits per heavy atom. The summed E-state index contributed by atoms with van der Waals surface area (Å²) in [5.74, 6) is 0.129. The molecule has 1 N–H and O–H groups in total. The van der Waals surface area contributed by atoms with Crippen LogP contribution in [0.25, 0.3) is 0 Å². The molecular formula is C14H22N2O. The van der Waals surface area contributed by atoms with Gasteiger partial charge in [0, 0.05) is 18.7 Å². The third-order valence-electron chi connectivity index (χ3n) is 2.72. The first kappa shape index (κ1) is 13.7. The van der Waals surface area contributed by atoms with Gasteiger partial charge in [0.15, 0.2) is 0 Å². The van der Waals surface area contributed by atoms with Crippen LogP contribution in [0, 0.1) is 0 Å². The number of carbonyl (C=O) groups is 1. The summed E-state index contributed by atoms with van der Waals surface area (Å²) in [4.78, 5) is 14.0. The maximum absolute atomic E-state index is 12.1. The number of carbonyl (C=O) groups excluding carboxylic acids is 1. The molecule has 0 aromatic heterocycles. The molecule has 0 aliphatic rings. The van der Waals surface area contributed by atoms with Crippen molar-refractivity contribution < 1.29 is 4.79 Å². The van der Waals surface area contributed by atoms with Gasteiger partial charge in [-0.2, -0.15) is 0 Å². The maximum atomic E-state index is 12.1. The molecule has 17 heavy (non-hydrogen) atoms. The molecule has 1 rings (SSSR count). The first-order chi connectivity index (χ1) is 8.29. The van der Waals surface area contributed by atoms with E-state index in [-0.39, 0.29) is 5.91 Å². The van der Waals surface area contributed by atoms with Crippen molar-refractivity contribution in [2.45, 2.75) is 20.3 Å². The zero-order chi connectivity index (χ0) is 12.5. The van der Waals surface area contributed by atoms with E-state index in [1.165, 1.54) is 0 Å². The summed E-state index contributed by atoms with van der Waals surface area (Å²) in [6, 6.07) is 9.47. The zero-order valence-corrected chi connectivity index (χ0v) is 10.8. The van der Waals surface area contributed by atoms with Gasteiger partial charge < -0.3 is 10.2 Å². The monoisotopic (exact) mass is 234 g/mol. The minimum atomic E-state index is 0.129. The second-order valence-corrected chi connectivity index (χ2v) is 3.96. The highest BCUT2D eigenvalue weighted by Gasteiger charge is 2.12. The fourth-order valence-electron chi connectivity index (χ4n) is 1.74. The van der Waals surface area contributed by atoms with E-state index in [1.807, 2.05) is 42.2 Å². The molecule has 0 fully saturated rings. The van der Waals surface area contributed by atoms with Crippen molar-refractivity contribution in [1.29, 1.82) is 0 Å². The topological polar surface area (TPSA) is 32.3 Å². The van der Waals surface area contributed by atoms with Crippen molar-refractivity contribution in [1.82, 2.24) is 10.2 Å². The standard InChI is InChI=1S/C14H22N2O/c1-3-15-11-8-12-16(4-2)14(17)13-9-6-5-7-10-13/h5-7,9-10,15H,3-4,8,11-12H2,1-2H3. The lowest BCUT2D eigenvalue weighted by Gasteiger charge is -2.21. The summed E-state index contributed by atoms with van der Waals surface area (Å²) in [6.07, 6.45) is 1.00. The molecule has 3 nitrogen and oxygen atoms in total. The van der Waals surface area contributed by atoms with Gasteiger partial charge in [-0.25, -0.2) is 0 Å². The summed E-state index contributed by atoms with van der Waals surface area (Å²) in [7, 11) is 0. The van der Waals surface area contributed by atoms with Crippen molar-refractivity contribution >= 4 is 5.91 Å². The van der Waals surface area contributed by atoms with Gasteiger partial charge >= 0.3 is 0 Å². The SMILES string of the molecule is CCNCCCN(CC)C(=O)c1ccccc1. The fraction of sp³-hybridized carbons (Fsp3) is 0.500. The summed E-state index contributed by atoms with van der Waals surface area (Å²) in [5, 5.41) is 3.27. The molecule has 0 saturated carbocycles. The summed E-state index contributed by atoms with van der Waals surface area (Å²) < 4.78 is 0. The molecule has 1 amide bonds. The molecule has 0 atom stereocenters. The second kappa shape index (κ2) is 7.85. The quantitative estimate of drug-likeness (QED) is 0.733. The second-order valence-electron chi connectivity index (χ2n) is 3.96. The Morgan fingerprint density at radius 2 is 1.94 bits per heavy atom. The van der Waals surface area contributed by atoms with Crippen LogP contribution in [0.3, 0.4) is 0 Å². The lowest BCUT2D eigenvalue weighted by Crippen LogP contribution is -2.33. The summed E-state index contributed by atoms with van der Waals surface area (Å²) in [6.45, 7) is 7.64. The Kier molecular flexibility index (Phi) is 6.33. The predicted molar refractivity (Wildman–Crippen MR) is 71.2 cm³/mol. The Morgan fingerprint density at radius 3 is 2.53 bits per heavy atom. The van der Waals surface area contributed by atoms with Crippen LogP contribution in [0.4, 0.5) is 0 Å². The third kappa shape index (κ3) is 4.57. The van der Waals surface area contributed by atoms with Crippen molar-refractivity contribution in [2.24, 2.45) is 0 Å². The summed E-state index contributed by atoms with van der Waals surface area (Å²) in [5.41, 5.74) is 0.776. The van der Waals surface area contributed by atoms with Crippen LogP contribution in [0.1, 0.15) is 30.6 Å². The van der Waals surface area contributed by atoms with Gasteiger partial charge in [0.2, 0.25) is 0 Å². The largest absolute Gasteiger partial charge is 0.339 e. The average Bonchev–Trinajstić information content (AvgIpc) is 2.39. The highest BCUT2D eigenvalue weighted by molar-refractivity contribution is 5.94. The van der Waals surface area contributed by atoms with Gasteiger partial charge in [-0.15, -0.1) is 0 Å². The minimum Gasteiger partial charge on any atom is -0.339 e. The van der Waals surface area contributed by atoms with E-state index in [1.54, 1.807) is 0 Å². The Labute approximate surface area is 104 Å². The van der Waals surface area contributed by atoms with Crippen LogP contribution in [-0.4, -0.2) is 37.0 Å². The number of rotatable bonds is 7. The molecule has 0 heterocycles. The van der Waals surface area contributed by atoms with Crippen LogP contribution in [-0.2, 0) is 0 Å². The van der Waals surface area contributed by atoms with E-state index in [0.29, 0.717) is 0 Å². The van der Waals surface area contributed by atoms with Crippen LogP contribution in [0.2, 0.25) is 0 Å². The van der Waals surface area contributed by atoms with Crippen molar-refractivity contribution in [3.8, 4) is 0 Å². The third-order valence-corrected chi connectivity index (χ3v) is 2.72. The van der Waals surface area contributed by atoms with Crippen LogP contribution < -0.4 is 5.32 Å². The van der Waals surface area contributed by atoms with Crippen molar-refractivity contribution in [3.05, 3.63) is 35.9 Å². The molecular weight excluding hydrogens is 212 g/mol. The van der Waals surface area contributed by atoms with Crippen LogP contribution in [0.5, 0.6) is 0 Å². The Balaban J connectivity index is 2.47. The molecule has 1 aromatic carbocycles. The van der Waals surface area contributed by atoms with Crippen molar-refractivity contribution in [2.75, 3.05) is 26.2 Å². The van der Waals surface area contributed by atoms with Gasteiger partial charge in [-0.1, -0.05) is 25.1 Å². The number of hydrogen-bond donors (Lipinski definition) is 1. The van der Waals surface area contributed by atoms with Gasteiger partial charge in [0.05, 0.1) is 0 Å². The first-order valence-electron chi connectivity index (χ1n) is 6.34. The molecule has 94 valence electrons. The highest BCUT2D eigenvalue weighted by atomic mass is 16.2. The van der Waals surface area contributed by atoms with Gasteiger partial charge in [0.25, 0.3) is 5.91 Å². The number of nitrogens with zero attached hydrogens (tertiary/aromatic N) is 1. The normalized spacial score (nSPS) is 10.2. The Bertz CT molecular complexity index is 324. The molecule has 0 radical (unpaired) electrons. The van der Waals surface area contributed by atoms with Gasteiger partial charge in [-0.3, -0.25) is 4.79 Å². The number of amides is 1. The molecule has 0 aliphatic heterocycles. The van der Waals surface area contributed by atoms with Gasteiger partial charge in [0.1, 0.15) is 0 Å². The van der Waals surface area contributed by atoms with E-state index >= 15 is 0 Å². The molecule has 0 aliphatic carbocycles. The number of benzene rings is 1. The molecule has 1 aromatic rings. The predicted octanol–water partition coefficient (Wildman–Crippen LogP) is 2.15. The Hall–Kier alpha value is -1.35.